The molecular weight excluding hydrogens is 457 g/mol. The summed E-state index contributed by atoms with van der Waals surface area (Å²) in [6, 6.07) is 14.6. The van der Waals surface area contributed by atoms with Crippen molar-refractivity contribution < 1.29 is 42.0 Å². The van der Waals surface area contributed by atoms with Crippen LogP contribution in [0.25, 0.3) is 0 Å². The molecule has 2 aromatic carbocycles. The Balaban J connectivity index is 0.000000364. The maximum absolute atomic E-state index is 13.3. The first-order valence-corrected chi connectivity index (χ1v) is 11.6. The fraction of sp³-hybridized carbons (Fsp3) is 0.519. The van der Waals surface area contributed by atoms with Crippen LogP contribution in [0.5, 0.6) is 0 Å². The van der Waals surface area contributed by atoms with Gasteiger partial charge in [-0.1, -0.05) is 53.6 Å². The molecule has 1 N–H and O–H groups in total. The predicted octanol–water partition coefficient (Wildman–Crippen LogP) is 6.10. The summed E-state index contributed by atoms with van der Waals surface area (Å²) >= 11 is 0. The van der Waals surface area contributed by atoms with Gasteiger partial charge in [0.05, 0.1) is 19.6 Å². The van der Waals surface area contributed by atoms with Crippen molar-refractivity contribution in [3.05, 3.63) is 64.7 Å². The van der Waals surface area contributed by atoms with Crippen molar-refractivity contribution in [2.45, 2.75) is 72.3 Å². The molecule has 165 valence electrons. The number of nitrogens with one attached hydrogen (secondary N) is 1. The Hall–Kier alpha value is -1.03. The molecule has 0 bridgehead atoms. The molecule has 0 aromatic heterocycles. The van der Waals surface area contributed by atoms with E-state index in [0.29, 0.717) is 0 Å². The molecule has 1 heterocycles. The maximum atomic E-state index is 13.3. The zero-order valence-electron chi connectivity index (χ0n) is 20.1. The summed E-state index contributed by atoms with van der Waals surface area (Å²) in [5.74, 6) is 0.266. The molecule has 31 heavy (non-hydrogen) atoms. The summed E-state index contributed by atoms with van der Waals surface area (Å²) in [6.07, 6.45) is 5.84. The van der Waals surface area contributed by atoms with Crippen LogP contribution in [0.1, 0.15) is 61.3 Å². The summed E-state index contributed by atoms with van der Waals surface area (Å²) < 4.78 is 1.02. The molecule has 4 heteroatoms. The van der Waals surface area contributed by atoms with Gasteiger partial charge < -0.3 is 9.80 Å². The van der Waals surface area contributed by atoms with Crippen molar-refractivity contribution in [2.75, 3.05) is 25.0 Å². The van der Waals surface area contributed by atoms with E-state index >= 15 is 0 Å². The van der Waals surface area contributed by atoms with Crippen molar-refractivity contribution in [3.63, 3.8) is 0 Å². The quantitative estimate of drug-likeness (QED) is 0.510. The number of likely N-dealkylation sites (tertiary alicyclic amines) is 1. The zero-order chi connectivity index (χ0) is 21.8. The van der Waals surface area contributed by atoms with Crippen molar-refractivity contribution in [3.8, 4) is 0 Å². The van der Waals surface area contributed by atoms with Crippen LogP contribution < -0.4 is 5.32 Å². The van der Waals surface area contributed by atoms with Crippen molar-refractivity contribution >= 4 is 11.6 Å². The van der Waals surface area contributed by atoms with E-state index in [1.54, 1.807) is 0 Å². The minimum absolute atomic E-state index is 0. The molecule has 1 amide bonds. The van der Waals surface area contributed by atoms with E-state index in [9.17, 15) is 4.79 Å². The molecule has 0 unspecified atom stereocenters. The van der Waals surface area contributed by atoms with Gasteiger partial charge in [0.1, 0.15) is 0 Å². The summed E-state index contributed by atoms with van der Waals surface area (Å²) in [7, 11) is 0. The molecule has 2 fully saturated rings. The fourth-order valence-electron chi connectivity index (χ4n) is 5.56. The third-order valence-corrected chi connectivity index (χ3v) is 7.39. The van der Waals surface area contributed by atoms with Crippen LogP contribution >= 0.6 is 0 Å². The van der Waals surface area contributed by atoms with E-state index in [1.165, 1.54) is 54.6 Å². The van der Waals surface area contributed by atoms with E-state index in [-0.39, 0.29) is 44.2 Å². The maximum Gasteiger partial charge on any atom is 0.285 e. The Kier molecular flexibility index (Phi) is 9.48. The Morgan fingerprint density at radius 2 is 1.45 bits per heavy atom. The molecule has 1 radical (unpaired) electrons. The molecule has 4 rings (SSSR count). The average Bonchev–Trinajstić information content (AvgIpc) is 3.15. The number of carbonyl (C=O) groups is 1. The number of hydrogen-bond donors (Lipinski definition) is 1. The second-order valence-corrected chi connectivity index (χ2v) is 9.38. The normalized spacial score (nSPS) is 18.1. The molecule has 0 atom stereocenters. The number of anilines is 1. The number of quaternary nitrogens is 1. The van der Waals surface area contributed by atoms with Gasteiger partial charge in [-0.15, -0.1) is 0 Å². The van der Waals surface area contributed by atoms with Crippen LogP contribution in [0.4, 0.5) is 5.69 Å². The number of hydrogen-bond acceptors (Lipinski definition) is 1. The van der Waals surface area contributed by atoms with Gasteiger partial charge in [0.15, 0.2) is 5.54 Å². The van der Waals surface area contributed by atoms with Crippen LogP contribution in [-0.2, 0) is 37.5 Å². The standard InChI is InChI=1S/C20H30N2O.C7H8.Y/c1-5-22(11-6-7-12-22)20(9-8-10-20)19(23)21-18-16(3)13-15(2)14-17(18)4;1-7-5-3-2-4-6-7;/h13-14H,5-12H2,1-4H3;2-6H,1H3;/p+1. The van der Waals surface area contributed by atoms with Gasteiger partial charge in [0.2, 0.25) is 0 Å². The number of nitrogens with zero attached hydrogens (tertiary/aromatic N) is 1. The second kappa shape index (κ2) is 11.2. The fourth-order valence-corrected chi connectivity index (χ4v) is 5.56. The molecule has 1 saturated carbocycles. The summed E-state index contributed by atoms with van der Waals surface area (Å²) in [4.78, 5) is 13.3. The number of benzene rings is 2. The Bertz CT molecular complexity index is 845. The van der Waals surface area contributed by atoms with Crippen LogP contribution in [0.2, 0.25) is 0 Å². The summed E-state index contributed by atoms with van der Waals surface area (Å²) in [5, 5.41) is 3.33. The van der Waals surface area contributed by atoms with Crippen LogP contribution in [0.3, 0.4) is 0 Å². The second-order valence-electron chi connectivity index (χ2n) is 9.38. The first-order valence-electron chi connectivity index (χ1n) is 11.6. The average molecular weight is 497 g/mol. The molecular formula is C27H39N2OY+. The zero-order valence-corrected chi connectivity index (χ0v) is 23.0. The van der Waals surface area contributed by atoms with Gasteiger partial charge in [-0.3, -0.25) is 4.79 Å². The van der Waals surface area contributed by atoms with Crippen molar-refractivity contribution in [1.82, 2.24) is 0 Å². The van der Waals surface area contributed by atoms with E-state index in [4.69, 9.17) is 0 Å². The van der Waals surface area contributed by atoms with Crippen LogP contribution in [0, 0.1) is 27.7 Å². The largest absolute Gasteiger partial charge is 0.320 e. The molecule has 1 aliphatic carbocycles. The Morgan fingerprint density at radius 3 is 1.84 bits per heavy atom. The Morgan fingerprint density at radius 1 is 0.903 bits per heavy atom. The smallest absolute Gasteiger partial charge is 0.285 e. The van der Waals surface area contributed by atoms with Gasteiger partial charge in [-0.25, -0.2) is 0 Å². The minimum atomic E-state index is -0.172. The SMILES string of the molecule is CC[N+]1(C2(C(=O)Nc3c(C)cc(C)cc3C)CCC2)CCCC1.Cc1ccccc1.[Y]. The number of amides is 1. The Labute approximate surface area is 214 Å². The molecule has 1 saturated heterocycles. The summed E-state index contributed by atoms with van der Waals surface area (Å²) in [6.45, 7) is 14.1. The molecule has 3 nitrogen and oxygen atoms in total. The van der Waals surface area contributed by atoms with E-state index in [2.05, 4.69) is 64.2 Å². The first kappa shape index (κ1) is 26.2. The number of aryl methyl sites for hydroxylation is 4. The van der Waals surface area contributed by atoms with Gasteiger partial charge in [-0.05, 0) is 52.2 Å². The molecule has 0 spiro atoms. The van der Waals surface area contributed by atoms with Gasteiger partial charge in [-0.2, -0.15) is 0 Å². The number of rotatable bonds is 4. The number of likely N-dealkylation sites (N-methyl/N-ethyl adjacent to an activating group) is 1. The van der Waals surface area contributed by atoms with Crippen LogP contribution in [0.15, 0.2) is 42.5 Å². The first-order chi connectivity index (χ1) is 14.3. The summed E-state index contributed by atoms with van der Waals surface area (Å²) in [5.41, 5.74) is 5.79. The van der Waals surface area contributed by atoms with E-state index < -0.39 is 0 Å². The molecule has 1 aliphatic heterocycles. The topological polar surface area (TPSA) is 29.1 Å². The minimum Gasteiger partial charge on any atom is -0.320 e. The van der Waals surface area contributed by atoms with E-state index in [1.807, 2.05) is 18.2 Å². The number of carbonyl (C=O) groups excluding carboxylic acids is 1. The molecule has 2 aliphatic rings. The van der Waals surface area contributed by atoms with Gasteiger partial charge in [0.25, 0.3) is 5.91 Å². The third kappa shape index (κ3) is 5.49. The third-order valence-electron chi connectivity index (χ3n) is 7.39. The predicted molar refractivity (Wildman–Crippen MR) is 127 cm³/mol. The van der Waals surface area contributed by atoms with E-state index in [0.717, 1.165) is 29.6 Å². The molecule has 2 aromatic rings. The van der Waals surface area contributed by atoms with Gasteiger partial charge >= 0.3 is 0 Å². The van der Waals surface area contributed by atoms with Gasteiger partial charge in [0, 0.05) is 64.1 Å². The van der Waals surface area contributed by atoms with Crippen molar-refractivity contribution in [2.24, 2.45) is 0 Å². The van der Waals surface area contributed by atoms with Crippen LogP contribution in [-0.4, -0.2) is 35.6 Å². The van der Waals surface area contributed by atoms with Crippen molar-refractivity contribution in [1.29, 1.82) is 0 Å². The monoisotopic (exact) mass is 496 g/mol.